The average molecular weight is 688 g/mol. The zero-order chi connectivity index (χ0) is 32.6. The molecule has 0 saturated carbocycles. The summed E-state index contributed by atoms with van der Waals surface area (Å²) in [5.41, 5.74) is 4.34. The quantitative estimate of drug-likeness (QED) is 0.101. The highest BCUT2D eigenvalue weighted by Crippen LogP contribution is 2.31. The predicted molar refractivity (Wildman–Crippen MR) is 190 cm³/mol. The van der Waals surface area contributed by atoms with E-state index in [2.05, 4.69) is 20.9 Å². The Balaban J connectivity index is 1.25. The van der Waals surface area contributed by atoms with Crippen LogP contribution in [0, 0.1) is 6.92 Å². The van der Waals surface area contributed by atoms with Crippen LogP contribution in [-0.2, 0) is 9.59 Å². The van der Waals surface area contributed by atoms with Gasteiger partial charge in [-0.05, 0) is 68.0 Å². The van der Waals surface area contributed by atoms with E-state index in [0.717, 1.165) is 21.6 Å². The molecule has 1 unspecified atom stereocenters. The fourth-order valence-corrected chi connectivity index (χ4v) is 6.15. The number of thiazole rings is 1. The van der Waals surface area contributed by atoms with Crippen molar-refractivity contribution in [1.82, 2.24) is 10.3 Å². The lowest BCUT2D eigenvalue weighted by molar-refractivity contribution is -0.115. The van der Waals surface area contributed by atoms with Crippen LogP contribution in [0.2, 0.25) is 10.0 Å². The lowest BCUT2D eigenvalue weighted by atomic mass is 10.1. The summed E-state index contributed by atoms with van der Waals surface area (Å²) < 4.78 is 0. The topological polar surface area (TPSA) is 100 Å². The average Bonchev–Trinajstić information content (AvgIpc) is 3.52. The SMILES string of the molecule is Cc1ccc(/C=C(\NC(=O)c2ccccc2)C(=O)Nc2cccc(SC(C)C(=O)Nc3nc(-c4ccc(Cl)c(Cl)c4)cs3)c2)cc1. The number of rotatable bonds is 10. The second-order valence-corrected chi connectivity index (χ2v) is 13.3. The van der Waals surface area contributed by atoms with Gasteiger partial charge in [0.15, 0.2) is 5.13 Å². The van der Waals surface area contributed by atoms with E-state index in [-0.39, 0.29) is 11.6 Å². The van der Waals surface area contributed by atoms with Crippen LogP contribution in [0.5, 0.6) is 0 Å². The summed E-state index contributed by atoms with van der Waals surface area (Å²) in [6.07, 6.45) is 1.63. The molecule has 5 rings (SSSR count). The maximum absolute atomic E-state index is 13.5. The van der Waals surface area contributed by atoms with Crippen LogP contribution in [-0.4, -0.2) is 28.0 Å². The Morgan fingerprint density at radius 3 is 2.37 bits per heavy atom. The molecule has 5 aromatic rings. The van der Waals surface area contributed by atoms with Gasteiger partial charge in [-0.15, -0.1) is 23.1 Å². The van der Waals surface area contributed by atoms with Crippen molar-refractivity contribution >= 4 is 80.9 Å². The first kappa shape index (κ1) is 33.0. The first-order chi connectivity index (χ1) is 22.1. The summed E-state index contributed by atoms with van der Waals surface area (Å²) in [7, 11) is 0. The van der Waals surface area contributed by atoms with Crippen molar-refractivity contribution in [3.63, 3.8) is 0 Å². The first-order valence-electron chi connectivity index (χ1n) is 14.1. The number of hydrogen-bond acceptors (Lipinski definition) is 6. The molecule has 0 radical (unpaired) electrons. The van der Waals surface area contributed by atoms with E-state index in [1.54, 1.807) is 67.6 Å². The largest absolute Gasteiger partial charge is 0.321 e. The normalized spacial score (nSPS) is 11.9. The molecule has 0 aliphatic heterocycles. The molecule has 0 aliphatic carbocycles. The standard InChI is InChI=1S/C35H28Cl2N4O3S2/c1-21-11-13-23(14-12-21)17-30(39-33(43)24-7-4-3-5-8-24)34(44)38-26-9-6-10-27(19-26)46-22(2)32(42)41-35-40-31(20-45-35)25-15-16-28(36)29(37)18-25/h3-20,22H,1-2H3,(H,38,44)(H,39,43)(H,40,41,42)/b30-17-. The van der Waals surface area contributed by atoms with Crippen molar-refractivity contribution in [2.24, 2.45) is 0 Å². The van der Waals surface area contributed by atoms with Crippen LogP contribution < -0.4 is 16.0 Å². The Morgan fingerprint density at radius 1 is 0.870 bits per heavy atom. The molecule has 0 spiro atoms. The molecule has 1 aromatic heterocycles. The Morgan fingerprint density at radius 2 is 1.63 bits per heavy atom. The Kier molecular flexibility index (Phi) is 10.9. The number of aryl methyl sites for hydroxylation is 1. The highest BCUT2D eigenvalue weighted by Gasteiger charge is 2.19. The fourth-order valence-electron chi connectivity index (χ4n) is 4.20. The van der Waals surface area contributed by atoms with Crippen LogP contribution >= 0.6 is 46.3 Å². The third-order valence-corrected chi connectivity index (χ3v) is 9.23. The van der Waals surface area contributed by atoms with Crippen molar-refractivity contribution < 1.29 is 14.4 Å². The molecule has 46 heavy (non-hydrogen) atoms. The smallest absolute Gasteiger partial charge is 0.272 e. The molecular weight excluding hydrogens is 659 g/mol. The molecule has 1 atom stereocenters. The number of anilines is 2. The highest BCUT2D eigenvalue weighted by atomic mass is 35.5. The number of amides is 3. The van der Waals surface area contributed by atoms with Crippen LogP contribution in [0.15, 0.2) is 113 Å². The number of carbonyl (C=O) groups is 3. The molecule has 3 N–H and O–H groups in total. The van der Waals surface area contributed by atoms with E-state index < -0.39 is 17.1 Å². The van der Waals surface area contributed by atoms with Crippen molar-refractivity contribution in [2.75, 3.05) is 10.6 Å². The number of nitrogens with one attached hydrogen (secondary N) is 3. The van der Waals surface area contributed by atoms with Gasteiger partial charge in [0.1, 0.15) is 5.70 Å². The minimum atomic E-state index is -0.487. The zero-order valence-electron chi connectivity index (χ0n) is 24.7. The lowest BCUT2D eigenvalue weighted by Gasteiger charge is -2.14. The fraction of sp³-hybridized carbons (Fsp3) is 0.0857. The summed E-state index contributed by atoms with van der Waals surface area (Å²) in [4.78, 5) is 44.7. The summed E-state index contributed by atoms with van der Waals surface area (Å²) in [6, 6.07) is 28.7. The van der Waals surface area contributed by atoms with Gasteiger partial charge in [-0.3, -0.25) is 14.4 Å². The predicted octanol–water partition coefficient (Wildman–Crippen LogP) is 8.95. The summed E-state index contributed by atoms with van der Waals surface area (Å²) in [5, 5.41) is 11.2. The van der Waals surface area contributed by atoms with Gasteiger partial charge in [0.2, 0.25) is 5.91 Å². The van der Waals surface area contributed by atoms with Gasteiger partial charge >= 0.3 is 0 Å². The lowest BCUT2D eigenvalue weighted by Crippen LogP contribution is -2.30. The Labute approximate surface area is 285 Å². The van der Waals surface area contributed by atoms with E-state index in [1.165, 1.54) is 23.1 Å². The van der Waals surface area contributed by atoms with Gasteiger partial charge in [0.05, 0.1) is 21.0 Å². The van der Waals surface area contributed by atoms with Crippen LogP contribution in [0.25, 0.3) is 17.3 Å². The van der Waals surface area contributed by atoms with Crippen molar-refractivity contribution in [1.29, 1.82) is 0 Å². The monoisotopic (exact) mass is 686 g/mol. The van der Waals surface area contributed by atoms with Gasteiger partial charge in [-0.25, -0.2) is 4.98 Å². The van der Waals surface area contributed by atoms with Gasteiger partial charge < -0.3 is 16.0 Å². The molecule has 3 amide bonds. The van der Waals surface area contributed by atoms with E-state index >= 15 is 0 Å². The molecular formula is C35H28Cl2N4O3S2. The third kappa shape index (κ3) is 8.86. The maximum atomic E-state index is 13.5. The van der Waals surface area contributed by atoms with Crippen LogP contribution in [0.1, 0.15) is 28.4 Å². The van der Waals surface area contributed by atoms with Gasteiger partial charge in [-0.1, -0.05) is 83.4 Å². The molecule has 0 fully saturated rings. The van der Waals surface area contributed by atoms with Gasteiger partial charge in [-0.2, -0.15) is 0 Å². The number of nitrogens with zero attached hydrogens (tertiary/aromatic N) is 1. The minimum absolute atomic E-state index is 0.0900. The molecule has 7 nitrogen and oxygen atoms in total. The van der Waals surface area contributed by atoms with Crippen molar-refractivity contribution in [2.45, 2.75) is 24.0 Å². The molecule has 11 heteroatoms. The van der Waals surface area contributed by atoms with Crippen LogP contribution in [0.3, 0.4) is 0 Å². The second kappa shape index (κ2) is 15.2. The molecule has 1 heterocycles. The zero-order valence-corrected chi connectivity index (χ0v) is 27.9. The molecule has 0 saturated heterocycles. The second-order valence-electron chi connectivity index (χ2n) is 10.2. The molecule has 232 valence electrons. The number of benzene rings is 4. The van der Waals surface area contributed by atoms with Gasteiger partial charge in [0.25, 0.3) is 11.8 Å². The van der Waals surface area contributed by atoms with E-state index in [9.17, 15) is 14.4 Å². The first-order valence-corrected chi connectivity index (χ1v) is 16.6. The van der Waals surface area contributed by atoms with Crippen molar-refractivity contribution in [3.05, 3.63) is 135 Å². The Hall–Kier alpha value is -4.41. The molecule has 4 aromatic carbocycles. The highest BCUT2D eigenvalue weighted by molar-refractivity contribution is 8.00. The number of aromatic nitrogens is 1. The summed E-state index contributed by atoms with van der Waals surface area (Å²) in [6.45, 7) is 3.77. The summed E-state index contributed by atoms with van der Waals surface area (Å²) >= 11 is 14.8. The van der Waals surface area contributed by atoms with E-state index in [1.807, 2.05) is 54.8 Å². The van der Waals surface area contributed by atoms with E-state index in [0.29, 0.717) is 32.1 Å². The Bertz CT molecular complexity index is 1910. The van der Waals surface area contributed by atoms with E-state index in [4.69, 9.17) is 23.2 Å². The summed E-state index contributed by atoms with van der Waals surface area (Å²) in [5.74, 6) is -1.11. The third-order valence-electron chi connectivity index (χ3n) is 6.64. The minimum Gasteiger partial charge on any atom is -0.321 e. The maximum Gasteiger partial charge on any atom is 0.272 e. The number of halogens is 2. The molecule has 0 aliphatic rings. The number of thioether (sulfide) groups is 1. The van der Waals surface area contributed by atoms with Crippen LogP contribution in [0.4, 0.5) is 10.8 Å². The molecule has 0 bridgehead atoms. The number of hydrogen-bond donors (Lipinski definition) is 3. The van der Waals surface area contributed by atoms with Gasteiger partial charge in [0, 0.05) is 27.1 Å². The van der Waals surface area contributed by atoms with Crippen molar-refractivity contribution in [3.8, 4) is 11.3 Å². The number of carbonyl (C=O) groups excluding carboxylic acids is 3.